The first-order valence-electron chi connectivity index (χ1n) is 6.13. The molecular weight excluding hydrogens is 273 g/mol. The summed E-state index contributed by atoms with van der Waals surface area (Å²) in [6, 6.07) is 0.960. The van der Waals surface area contributed by atoms with E-state index in [0.717, 1.165) is 10.6 Å². The second kappa shape index (κ2) is 4.46. The SMILES string of the molecule is O=C1CCCN(c2nccn3nc(C(F)(F)F)cc23)C1. The van der Waals surface area contributed by atoms with Crippen molar-refractivity contribution < 1.29 is 18.0 Å². The molecule has 2 aromatic rings. The fourth-order valence-electron chi connectivity index (χ4n) is 2.31. The maximum absolute atomic E-state index is 12.7. The van der Waals surface area contributed by atoms with E-state index in [1.54, 1.807) is 4.90 Å². The second-order valence-corrected chi connectivity index (χ2v) is 4.67. The van der Waals surface area contributed by atoms with Crippen molar-refractivity contribution in [3.63, 3.8) is 0 Å². The van der Waals surface area contributed by atoms with Gasteiger partial charge in [-0.05, 0) is 6.42 Å². The molecule has 1 saturated heterocycles. The van der Waals surface area contributed by atoms with E-state index in [-0.39, 0.29) is 17.8 Å². The third-order valence-corrected chi connectivity index (χ3v) is 3.21. The molecule has 8 heteroatoms. The Balaban J connectivity index is 2.07. The largest absolute Gasteiger partial charge is 0.435 e. The molecule has 0 unspecified atom stereocenters. The Bertz CT molecular complexity index is 664. The molecule has 5 nitrogen and oxygen atoms in total. The summed E-state index contributed by atoms with van der Waals surface area (Å²) in [6.07, 6.45) is -0.566. The normalized spacial score (nSPS) is 16.9. The molecule has 0 saturated carbocycles. The number of Topliss-reactive ketones (excluding diaryl/α,β-unsaturated/α-hetero) is 1. The summed E-state index contributed by atoms with van der Waals surface area (Å²) in [5.41, 5.74) is -0.704. The molecule has 106 valence electrons. The lowest BCUT2D eigenvalue weighted by molar-refractivity contribution is -0.141. The van der Waals surface area contributed by atoms with Gasteiger partial charge >= 0.3 is 6.18 Å². The number of halogens is 3. The van der Waals surface area contributed by atoms with E-state index in [1.807, 2.05) is 0 Å². The first-order chi connectivity index (χ1) is 9.45. The van der Waals surface area contributed by atoms with E-state index in [2.05, 4.69) is 10.1 Å². The zero-order chi connectivity index (χ0) is 14.3. The van der Waals surface area contributed by atoms with Crippen LogP contribution in [0.5, 0.6) is 0 Å². The van der Waals surface area contributed by atoms with Crippen molar-refractivity contribution in [2.75, 3.05) is 18.0 Å². The quantitative estimate of drug-likeness (QED) is 0.802. The van der Waals surface area contributed by atoms with Crippen molar-refractivity contribution in [3.05, 3.63) is 24.2 Å². The molecule has 1 aliphatic rings. The van der Waals surface area contributed by atoms with Crippen LogP contribution >= 0.6 is 0 Å². The van der Waals surface area contributed by atoms with Crippen molar-refractivity contribution in [2.24, 2.45) is 0 Å². The van der Waals surface area contributed by atoms with Crippen LogP contribution in [0.3, 0.4) is 0 Å². The predicted octanol–water partition coefficient (Wildman–Crippen LogP) is 1.92. The highest BCUT2D eigenvalue weighted by molar-refractivity contribution is 5.86. The Labute approximate surface area is 112 Å². The van der Waals surface area contributed by atoms with Crippen LogP contribution < -0.4 is 4.90 Å². The van der Waals surface area contributed by atoms with E-state index < -0.39 is 11.9 Å². The molecule has 0 aromatic carbocycles. The van der Waals surface area contributed by atoms with E-state index >= 15 is 0 Å². The summed E-state index contributed by atoms with van der Waals surface area (Å²) in [6.45, 7) is 0.782. The number of nitrogens with zero attached hydrogens (tertiary/aromatic N) is 4. The van der Waals surface area contributed by atoms with Crippen LogP contribution in [0.1, 0.15) is 18.5 Å². The molecule has 0 spiro atoms. The lowest BCUT2D eigenvalue weighted by Gasteiger charge is -2.27. The molecule has 0 atom stereocenters. The van der Waals surface area contributed by atoms with Crippen LogP contribution in [0, 0.1) is 0 Å². The van der Waals surface area contributed by atoms with Gasteiger partial charge in [-0.25, -0.2) is 9.50 Å². The molecular formula is C12H11F3N4O. The van der Waals surface area contributed by atoms with Crippen molar-refractivity contribution in [3.8, 4) is 0 Å². The minimum Gasteiger partial charge on any atom is -0.347 e. The minimum atomic E-state index is -4.50. The Morgan fingerprint density at radius 2 is 2.10 bits per heavy atom. The molecule has 3 heterocycles. The van der Waals surface area contributed by atoms with Crippen LogP contribution in [0.4, 0.5) is 19.0 Å². The number of ketones is 1. The number of hydrogen-bond acceptors (Lipinski definition) is 4. The van der Waals surface area contributed by atoms with E-state index in [4.69, 9.17) is 0 Å². The molecule has 0 aliphatic carbocycles. The zero-order valence-corrected chi connectivity index (χ0v) is 10.4. The van der Waals surface area contributed by atoms with Gasteiger partial charge in [-0.2, -0.15) is 18.3 Å². The fraction of sp³-hybridized carbons (Fsp3) is 0.417. The van der Waals surface area contributed by atoms with Gasteiger partial charge in [0.25, 0.3) is 0 Å². The highest BCUT2D eigenvalue weighted by Gasteiger charge is 2.35. The fourth-order valence-corrected chi connectivity index (χ4v) is 2.31. The average molecular weight is 284 g/mol. The summed E-state index contributed by atoms with van der Waals surface area (Å²) < 4.78 is 39.2. The summed E-state index contributed by atoms with van der Waals surface area (Å²) in [4.78, 5) is 17.3. The van der Waals surface area contributed by atoms with Crippen molar-refractivity contribution in [1.29, 1.82) is 0 Å². The van der Waals surface area contributed by atoms with Crippen molar-refractivity contribution in [1.82, 2.24) is 14.6 Å². The number of carbonyl (C=O) groups excluding carboxylic acids is 1. The van der Waals surface area contributed by atoms with Crippen LogP contribution in [-0.2, 0) is 11.0 Å². The predicted molar refractivity (Wildman–Crippen MR) is 64.4 cm³/mol. The maximum atomic E-state index is 12.7. The Morgan fingerprint density at radius 1 is 1.30 bits per heavy atom. The van der Waals surface area contributed by atoms with Gasteiger partial charge in [0.15, 0.2) is 17.3 Å². The first kappa shape index (κ1) is 12.9. The molecule has 0 N–H and O–H groups in total. The minimum absolute atomic E-state index is 0.0654. The van der Waals surface area contributed by atoms with Gasteiger partial charge in [0.05, 0.1) is 6.54 Å². The number of anilines is 1. The average Bonchev–Trinajstić information content (AvgIpc) is 2.82. The maximum Gasteiger partial charge on any atom is 0.435 e. The molecule has 1 fully saturated rings. The Hall–Kier alpha value is -2.12. The van der Waals surface area contributed by atoms with E-state index in [1.165, 1.54) is 12.4 Å². The Kier molecular flexibility index (Phi) is 2.88. The number of fused-ring (bicyclic) bond motifs is 1. The Morgan fingerprint density at radius 3 is 2.80 bits per heavy atom. The first-order valence-corrected chi connectivity index (χ1v) is 6.13. The summed E-state index contributed by atoms with van der Waals surface area (Å²) >= 11 is 0. The number of piperidine rings is 1. The molecule has 2 aromatic heterocycles. The molecule has 0 bridgehead atoms. The van der Waals surface area contributed by atoms with Crippen LogP contribution in [0.25, 0.3) is 5.52 Å². The topological polar surface area (TPSA) is 50.5 Å². The number of carbonyl (C=O) groups is 1. The summed E-state index contributed by atoms with van der Waals surface area (Å²) in [7, 11) is 0. The molecule has 20 heavy (non-hydrogen) atoms. The summed E-state index contributed by atoms with van der Waals surface area (Å²) in [5, 5.41) is 3.50. The number of rotatable bonds is 1. The number of aromatic nitrogens is 3. The van der Waals surface area contributed by atoms with Crippen LogP contribution in [0.2, 0.25) is 0 Å². The van der Waals surface area contributed by atoms with Crippen LogP contribution in [-0.4, -0.2) is 33.5 Å². The molecule has 0 amide bonds. The molecule has 1 aliphatic heterocycles. The van der Waals surface area contributed by atoms with Gasteiger partial charge in [-0.3, -0.25) is 4.79 Å². The van der Waals surface area contributed by atoms with Gasteiger partial charge < -0.3 is 4.90 Å². The number of hydrogen-bond donors (Lipinski definition) is 0. The summed E-state index contributed by atoms with van der Waals surface area (Å²) in [5.74, 6) is 0.430. The smallest absolute Gasteiger partial charge is 0.347 e. The van der Waals surface area contributed by atoms with Crippen LogP contribution in [0.15, 0.2) is 18.5 Å². The zero-order valence-electron chi connectivity index (χ0n) is 10.4. The second-order valence-electron chi connectivity index (χ2n) is 4.67. The lowest BCUT2D eigenvalue weighted by atomic mass is 10.1. The van der Waals surface area contributed by atoms with E-state index in [0.29, 0.717) is 25.2 Å². The van der Waals surface area contributed by atoms with Crippen molar-refractivity contribution in [2.45, 2.75) is 19.0 Å². The molecule has 0 radical (unpaired) electrons. The van der Waals surface area contributed by atoms with Gasteiger partial charge in [0.1, 0.15) is 5.52 Å². The van der Waals surface area contributed by atoms with Crippen molar-refractivity contribution >= 4 is 17.1 Å². The number of alkyl halides is 3. The third kappa shape index (κ3) is 2.21. The third-order valence-electron chi connectivity index (χ3n) is 3.21. The standard InChI is InChI=1S/C12H11F3N4O/c13-12(14,15)10-6-9-11(16-3-5-19(9)17-10)18-4-1-2-8(20)7-18/h3,5-6H,1-2,4,7H2. The highest BCUT2D eigenvalue weighted by atomic mass is 19.4. The molecule has 3 rings (SSSR count). The highest BCUT2D eigenvalue weighted by Crippen LogP contribution is 2.31. The van der Waals surface area contributed by atoms with Gasteiger partial charge in [0, 0.05) is 31.4 Å². The van der Waals surface area contributed by atoms with Gasteiger partial charge in [-0.1, -0.05) is 0 Å². The van der Waals surface area contributed by atoms with Gasteiger partial charge in [0.2, 0.25) is 0 Å². The van der Waals surface area contributed by atoms with E-state index in [9.17, 15) is 18.0 Å². The van der Waals surface area contributed by atoms with Gasteiger partial charge in [-0.15, -0.1) is 0 Å². The lowest BCUT2D eigenvalue weighted by Crippen LogP contribution is -2.36. The monoisotopic (exact) mass is 284 g/mol.